The second kappa shape index (κ2) is 11.8. The Morgan fingerprint density at radius 2 is 1.77 bits per heavy atom. The van der Waals surface area contributed by atoms with Crippen molar-refractivity contribution in [3.63, 3.8) is 0 Å². The van der Waals surface area contributed by atoms with Crippen LogP contribution >= 0.6 is 0 Å². The van der Waals surface area contributed by atoms with Crippen molar-refractivity contribution in [3.05, 3.63) is 53.6 Å². The van der Waals surface area contributed by atoms with E-state index in [4.69, 9.17) is 4.74 Å². The highest BCUT2D eigenvalue weighted by atomic mass is 32.2. The number of rotatable bonds is 7. The van der Waals surface area contributed by atoms with Gasteiger partial charge in [-0.3, -0.25) is 4.79 Å². The molecular formula is C25H31F3N4O6S. The molecule has 0 radical (unpaired) electrons. The largest absolute Gasteiger partial charge is 0.488 e. The van der Waals surface area contributed by atoms with Gasteiger partial charge in [-0.1, -0.05) is 6.92 Å². The number of nitrogens with zero attached hydrogens (tertiary/aromatic N) is 2. The number of benzene rings is 2. The van der Waals surface area contributed by atoms with Gasteiger partial charge in [0, 0.05) is 30.9 Å². The fraction of sp³-hybridized carbons (Fsp3) is 0.440. The first-order chi connectivity index (χ1) is 18.1. The summed E-state index contributed by atoms with van der Waals surface area (Å²) in [6.45, 7) is 3.37. The van der Waals surface area contributed by atoms with Crippen LogP contribution < -0.4 is 15.4 Å². The van der Waals surface area contributed by atoms with E-state index in [9.17, 15) is 36.3 Å². The summed E-state index contributed by atoms with van der Waals surface area (Å²) in [4.78, 5) is 27.4. The molecule has 10 nitrogen and oxygen atoms in total. The first-order valence-corrected chi connectivity index (χ1v) is 13.8. The van der Waals surface area contributed by atoms with Gasteiger partial charge < -0.3 is 25.4 Å². The van der Waals surface area contributed by atoms with Gasteiger partial charge in [-0.05, 0) is 49.4 Å². The van der Waals surface area contributed by atoms with Crippen LogP contribution in [0.3, 0.4) is 0 Å². The number of hydrogen-bond acceptors (Lipinski definition) is 6. The number of amides is 3. The van der Waals surface area contributed by atoms with Gasteiger partial charge in [-0.15, -0.1) is 0 Å². The summed E-state index contributed by atoms with van der Waals surface area (Å²) in [5.41, 5.74) is -0.446. The monoisotopic (exact) mass is 572 g/mol. The molecule has 0 saturated carbocycles. The molecule has 14 heteroatoms. The Morgan fingerprint density at radius 1 is 1.18 bits per heavy atom. The van der Waals surface area contributed by atoms with Crippen molar-refractivity contribution in [2.24, 2.45) is 5.92 Å². The summed E-state index contributed by atoms with van der Waals surface area (Å²) >= 11 is 0. The highest BCUT2D eigenvalue weighted by Crippen LogP contribution is 2.32. The third-order valence-corrected chi connectivity index (χ3v) is 7.68. The number of likely N-dealkylation sites (N-methyl/N-ethyl adjacent to an activating group) is 1. The molecular weight excluding hydrogens is 541 g/mol. The van der Waals surface area contributed by atoms with E-state index >= 15 is 0 Å². The van der Waals surface area contributed by atoms with Gasteiger partial charge in [-0.25, -0.2) is 17.5 Å². The summed E-state index contributed by atoms with van der Waals surface area (Å²) in [6.07, 6.45) is -4.06. The minimum absolute atomic E-state index is 0.0184. The highest BCUT2D eigenvalue weighted by molar-refractivity contribution is 7.88. The van der Waals surface area contributed by atoms with Crippen molar-refractivity contribution in [2.75, 3.05) is 43.6 Å². The Hall–Kier alpha value is -3.36. The first kappa shape index (κ1) is 30.2. The fourth-order valence-corrected chi connectivity index (χ4v) is 4.36. The van der Waals surface area contributed by atoms with E-state index in [1.165, 1.54) is 30.1 Å². The third-order valence-electron chi connectivity index (χ3n) is 6.40. The number of fused-ring (bicyclic) bond motifs is 1. The summed E-state index contributed by atoms with van der Waals surface area (Å²) in [5, 5.41) is 14.7. The maximum atomic E-state index is 13.5. The Kier molecular flexibility index (Phi) is 9.13. The number of nitrogens with one attached hydrogen (secondary N) is 2. The Bertz CT molecular complexity index is 1300. The predicted molar refractivity (Wildman–Crippen MR) is 139 cm³/mol. The SMILES string of the molecule is C[C@H](CO)N1C[C@H](C)[C@@H](CN(C)S(C)(=O)=O)Oc2ccc(NC(=O)Nc3ccc(C(F)(F)F)cc3)cc2C1=O. The molecule has 3 atom stereocenters. The van der Waals surface area contributed by atoms with Gasteiger partial charge in [0.1, 0.15) is 11.9 Å². The number of carbonyl (C=O) groups is 2. The van der Waals surface area contributed by atoms with Crippen LogP contribution in [0.25, 0.3) is 0 Å². The van der Waals surface area contributed by atoms with Crippen molar-refractivity contribution in [2.45, 2.75) is 32.2 Å². The van der Waals surface area contributed by atoms with E-state index in [1.54, 1.807) is 6.92 Å². The number of carbonyl (C=O) groups excluding carboxylic acids is 2. The lowest BCUT2D eigenvalue weighted by molar-refractivity contribution is -0.137. The standard InChI is InChI=1S/C25H31F3N4O6S/c1-15-12-32(16(2)14-33)23(34)20-11-19(9-10-21(20)38-22(15)13-31(3)39(4,36)37)30-24(35)29-18-7-5-17(6-8-18)25(26,27)28/h5-11,15-16,22,33H,12-14H2,1-4H3,(H2,29,30,35)/t15-,16+,22+/m0/s1. The van der Waals surface area contributed by atoms with E-state index < -0.39 is 45.8 Å². The molecule has 0 spiro atoms. The van der Waals surface area contributed by atoms with Crippen LogP contribution in [0.1, 0.15) is 29.8 Å². The second-order valence-electron chi connectivity index (χ2n) is 9.53. The number of halogens is 3. The third kappa shape index (κ3) is 7.61. The quantitative estimate of drug-likeness (QED) is 0.466. The second-order valence-corrected chi connectivity index (χ2v) is 11.6. The van der Waals surface area contributed by atoms with Crippen LogP contribution in [0.2, 0.25) is 0 Å². The van der Waals surface area contributed by atoms with Crippen molar-refractivity contribution in [3.8, 4) is 5.75 Å². The van der Waals surface area contributed by atoms with E-state index in [-0.39, 0.29) is 48.3 Å². The van der Waals surface area contributed by atoms with Gasteiger partial charge in [0.15, 0.2) is 0 Å². The molecule has 214 valence electrons. The molecule has 0 fully saturated rings. The number of aliphatic hydroxyl groups is 1. The number of ether oxygens (including phenoxy) is 1. The Labute approximate surface area is 224 Å². The van der Waals surface area contributed by atoms with E-state index in [0.717, 1.165) is 34.8 Å². The number of anilines is 2. The van der Waals surface area contributed by atoms with E-state index in [0.29, 0.717) is 0 Å². The Morgan fingerprint density at radius 3 is 2.33 bits per heavy atom. The van der Waals surface area contributed by atoms with Crippen LogP contribution in [0.5, 0.6) is 5.75 Å². The van der Waals surface area contributed by atoms with Crippen LogP contribution in [0, 0.1) is 5.92 Å². The van der Waals surface area contributed by atoms with Crippen molar-refractivity contribution >= 4 is 33.3 Å². The van der Waals surface area contributed by atoms with Gasteiger partial charge >= 0.3 is 12.2 Å². The fourth-order valence-electron chi connectivity index (χ4n) is 3.94. The van der Waals surface area contributed by atoms with Crippen molar-refractivity contribution in [1.29, 1.82) is 0 Å². The van der Waals surface area contributed by atoms with Crippen LogP contribution in [0.4, 0.5) is 29.3 Å². The van der Waals surface area contributed by atoms with Gasteiger partial charge in [0.2, 0.25) is 10.0 Å². The molecule has 0 saturated heterocycles. The van der Waals surface area contributed by atoms with Gasteiger partial charge in [0.25, 0.3) is 5.91 Å². The lowest BCUT2D eigenvalue weighted by Gasteiger charge is -2.38. The number of sulfonamides is 1. The summed E-state index contributed by atoms with van der Waals surface area (Å²) in [5.74, 6) is -0.588. The summed E-state index contributed by atoms with van der Waals surface area (Å²) in [6, 6.07) is 6.92. The number of aliphatic hydroxyl groups excluding tert-OH is 1. The molecule has 3 amide bonds. The molecule has 2 aromatic rings. The smallest absolute Gasteiger partial charge is 0.416 e. The number of alkyl halides is 3. The summed E-state index contributed by atoms with van der Waals surface area (Å²) in [7, 11) is -2.08. The zero-order valence-corrected chi connectivity index (χ0v) is 22.6. The molecule has 0 aliphatic carbocycles. The van der Waals surface area contributed by atoms with E-state index in [1.807, 2.05) is 6.92 Å². The molecule has 2 aromatic carbocycles. The zero-order valence-electron chi connectivity index (χ0n) is 21.8. The first-order valence-electron chi connectivity index (χ1n) is 12.0. The molecule has 3 rings (SSSR count). The lowest BCUT2D eigenvalue weighted by Crippen LogP contribution is -2.50. The molecule has 0 aromatic heterocycles. The number of urea groups is 1. The number of hydrogen-bond donors (Lipinski definition) is 3. The average molecular weight is 573 g/mol. The minimum Gasteiger partial charge on any atom is -0.488 e. The Balaban J connectivity index is 1.86. The lowest BCUT2D eigenvalue weighted by atomic mass is 9.99. The van der Waals surface area contributed by atoms with Crippen molar-refractivity contribution in [1.82, 2.24) is 9.21 Å². The van der Waals surface area contributed by atoms with Gasteiger partial charge in [-0.2, -0.15) is 13.2 Å². The van der Waals surface area contributed by atoms with Crippen LogP contribution in [0.15, 0.2) is 42.5 Å². The van der Waals surface area contributed by atoms with Crippen LogP contribution in [-0.2, 0) is 16.2 Å². The van der Waals surface area contributed by atoms with Crippen LogP contribution in [-0.4, -0.2) is 79.8 Å². The van der Waals surface area contributed by atoms with E-state index in [2.05, 4.69) is 10.6 Å². The molecule has 1 aliphatic rings. The average Bonchev–Trinajstić information content (AvgIpc) is 2.85. The minimum atomic E-state index is -4.51. The predicted octanol–water partition coefficient (Wildman–Crippen LogP) is 3.46. The maximum absolute atomic E-state index is 13.5. The maximum Gasteiger partial charge on any atom is 0.416 e. The molecule has 3 N–H and O–H groups in total. The molecule has 1 aliphatic heterocycles. The molecule has 1 heterocycles. The summed E-state index contributed by atoms with van der Waals surface area (Å²) < 4.78 is 69.6. The van der Waals surface area contributed by atoms with Gasteiger partial charge in [0.05, 0.1) is 36.6 Å². The zero-order chi connectivity index (χ0) is 29.1. The molecule has 0 unspecified atom stereocenters. The normalized spacial score (nSPS) is 19.0. The van der Waals surface area contributed by atoms with Crippen molar-refractivity contribution < 1.29 is 41.0 Å². The molecule has 0 bridgehead atoms. The molecule has 39 heavy (non-hydrogen) atoms. The topological polar surface area (TPSA) is 128 Å². The highest BCUT2D eigenvalue weighted by Gasteiger charge is 2.34.